The van der Waals surface area contributed by atoms with E-state index in [0.29, 0.717) is 19.0 Å². The second-order valence-electron chi connectivity index (χ2n) is 6.15. The molecule has 1 heterocycles. The number of rotatable bonds is 8. The summed E-state index contributed by atoms with van der Waals surface area (Å²) in [6, 6.07) is 8.25. The van der Waals surface area contributed by atoms with Crippen LogP contribution in [0.25, 0.3) is 0 Å². The van der Waals surface area contributed by atoms with Crippen LogP contribution in [-0.4, -0.2) is 64.4 Å². The van der Waals surface area contributed by atoms with Crippen LogP contribution in [0.4, 0.5) is 0 Å². The highest BCUT2D eigenvalue weighted by Gasteiger charge is 2.12. The predicted molar refractivity (Wildman–Crippen MR) is 103 cm³/mol. The van der Waals surface area contributed by atoms with Crippen molar-refractivity contribution >= 4 is 16.0 Å². The lowest BCUT2D eigenvalue weighted by atomic mass is 10.1. The summed E-state index contributed by atoms with van der Waals surface area (Å²) in [6.07, 6.45) is 0. The minimum absolute atomic E-state index is 0.134. The molecule has 0 aromatic heterocycles. The van der Waals surface area contributed by atoms with Crippen molar-refractivity contribution in [1.82, 2.24) is 15.5 Å². The van der Waals surface area contributed by atoms with Crippen LogP contribution in [0.2, 0.25) is 0 Å². The van der Waals surface area contributed by atoms with Crippen LogP contribution in [0.1, 0.15) is 18.1 Å². The molecule has 1 aliphatic heterocycles. The van der Waals surface area contributed by atoms with Gasteiger partial charge in [-0.05, 0) is 18.1 Å². The van der Waals surface area contributed by atoms with Crippen LogP contribution >= 0.6 is 0 Å². The van der Waals surface area contributed by atoms with Gasteiger partial charge in [0.2, 0.25) is 10.0 Å². The molecule has 0 saturated carbocycles. The number of aliphatic imine (C=N–C) groups is 1. The number of nitrogens with zero attached hydrogens (tertiary/aromatic N) is 2. The molecule has 2 rings (SSSR count). The fourth-order valence-corrected chi connectivity index (χ4v) is 3.07. The Labute approximate surface area is 155 Å². The van der Waals surface area contributed by atoms with E-state index in [9.17, 15) is 8.42 Å². The lowest BCUT2D eigenvalue weighted by Crippen LogP contribution is -2.40. The first-order valence-corrected chi connectivity index (χ1v) is 10.6. The lowest BCUT2D eigenvalue weighted by Gasteiger charge is -2.27. The van der Waals surface area contributed by atoms with Gasteiger partial charge in [0, 0.05) is 32.7 Å². The van der Waals surface area contributed by atoms with Gasteiger partial charge >= 0.3 is 0 Å². The SMILES string of the molecule is CCNC(=NCc1ccccc1CN1CCOCC1)NCCS(N)(=O)=O. The molecule has 4 N–H and O–H groups in total. The van der Waals surface area contributed by atoms with Gasteiger partial charge in [0.25, 0.3) is 0 Å². The van der Waals surface area contributed by atoms with E-state index in [1.807, 2.05) is 19.1 Å². The Bertz CT molecular complexity index is 687. The quantitative estimate of drug-likeness (QED) is 0.426. The van der Waals surface area contributed by atoms with E-state index in [0.717, 1.165) is 38.4 Å². The maximum Gasteiger partial charge on any atom is 0.210 e. The highest BCUT2D eigenvalue weighted by Crippen LogP contribution is 2.14. The van der Waals surface area contributed by atoms with Crippen molar-refractivity contribution in [2.24, 2.45) is 10.1 Å². The van der Waals surface area contributed by atoms with Gasteiger partial charge in [0.15, 0.2) is 5.96 Å². The van der Waals surface area contributed by atoms with Crippen LogP contribution in [-0.2, 0) is 27.8 Å². The van der Waals surface area contributed by atoms with Gasteiger partial charge in [-0.15, -0.1) is 0 Å². The van der Waals surface area contributed by atoms with Gasteiger partial charge in [-0.25, -0.2) is 18.5 Å². The number of ether oxygens (including phenoxy) is 1. The smallest absolute Gasteiger partial charge is 0.210 e. The van der Waals surface area contributed by atoms with Gasteiger partial charge < -0.3 is 15.4 Å². The zero-order chi connectivity index (χ0) is 18.8. The first kappa shape index (κ1) is 20.6. The Morgan fingerprint density at radius 1 is 1.23 bits per heavy atom. The molecule has 0 radical (unpaired) electrons. The predicted octanol–water partition coefficient (Wildman–Crippen LogP) is -0.138. The van der Waals surface area contributed by atoms with Crippen LogP contribution in [0.3, 0.4) is 0 Å². The monoisotopic (exact) mass is 383 g/mol. The number of primary sulfonamides is 1. The molecule has 0 aliphatic carbocycles. The first-order chi connectivity index (χ1) is 12.5. The highest BCUT2D eigenvalue weighted by molar-refractivity contribution is 7.89. The summed E-state index contributed by atoms with van der Waals surface area (Å²) in [4.78, 5) is 6.95. The fourth-order valence-electron chi connectivity index (χ4n) is 2.68. The summed E-state index contributed by atoms with van der Waals surface area (Å²) in [5, 5.41) is 11.1. The average molecular weight is 384 g/mol. The van der Waals surface area contributed by atoms with Crippen LogP contribution < -0.4 is 15.8 Å². The molecular formula is C17H29N5O3S. The van der Waals surface area contributed by atoms with Gasteiger partial charge in [-0.1, -0.05) is 24.3 Å². The number of sulfonamides is 1. The number of hydrogen-bond donors (Lipinski definition) is 3. The van der Waals surface area contributed by atoms with E-state index in [2.05, 4.69) is 32.7 Å². The number of morpholine rings is 1. The molecule has 0 bridgehead atoms. The van der Waals surface area contributed by atoms with Crippen molar-refractivity contribution < 1.29 is 13.2 Å². The average Bonchev–Trinajstić information content (AvgIpc) is 2.60. The molecule has 1 aromatic rings. The van der Waals surface area contributed by atoms with Crippen LogP contribution in [0, 0.1) is 0 Å². The Morgan fingerprint density at radius 3 is 2.58 bits per heavy atom. The minimum Gasteiger partial charge on any atom is -0.379 e. The molecule has 0 amide bonds. The van der Waals surface area contributed by atoms with E-state index in [1.165, 1.54) is 5.56 Å². The molecule has 0 spiro atoms. The number of benzene rings is 1. The van der Waals surface area contributed by atoms with E-state index in [1.54, 1.807) is 0 Å². The Kier molecular flexibility index (Phi) is 8.30. The molecule has 26 heavy (non-hydrogen) atoms. The van der Waals surface area contributed by atoms with Crippen LogP contribution in [0.15, 0.2) is 29.3 Å². The summed E-state index contributed by atoms with van der Waals surface area (Å²) >= 11 is 0. The second-order valence-corrected chi connectivity index (χ2v) is 7.88. The van der Waals surface area contributed by atoms with E-state index in [-0.39, 0.29) is 12.3 Å². The van der Waals surface area contributed by atoms with Crippen molar-refractivity contribution in [2.45, 2.75) is 20.0 Å². The van der Waals surface area contributed by atoms with Gasteiger partial charge in [-0.3, -0.25) is 4.90 Å². The highest BCUT2D eigenvalue weighted by atomic mass is 32.2. The zero-order valence-electron chi connectivity index (χ0n) is 15.3. The Hall–Kier alpha value is -1.68. The molecule has 1 fully saturated rings. The maximum absolute atomic E-state index is 11.0. The van der Waals surface area contributed by atoms with Crippen molar-refractivity contribution in [2.75, 3.05) is 45.1 Å². The molecular weight excluding hydrogens is 354 g/mol. The minimum atomic E-state index is -3.49. The van der Waals surface area contributed by atoms with E-state index >= 15 is 0 Å². The third kappa shape index (κ3) is 7.69. The molecule has 8 nitrogen and oxygen atoms in total. The maximum atomic E-state index is 11.0. The number of hydrogen-bond acceptors (Lipinski definition) is 5. The normalized spacial score (nSPS) is 16.5. The van der Waals surface area contributed by atoms with E-state index < -0.39 is 10.0 Å². The summed E-state index contributed by atoms with van der Waals surface area (Å²) in [6.45, 7) is 7.71. The number of guanidine groups is 1. The number of nitrogens with two attached hydrogens (primary N) is 1. The van der Waals surface area contributed by atoms with Gasteiger partial charge in [0.05, 0.1) is 25.5 Å². The molecule has 1 aromatic carbocycles. The van der Waals surface area contributed by atoms with E-state index in [4.69, 9.17) is 9.88 Å². The van der Waals surface area contributed by atoms with Crippen LogP contribution in [0.5, 0.6) is 0 Å². The zero-order valence-corrected chi connectivity index (χ0v) is 16.1. The molecule has 1 saturated heterocycles. The van der Waals surface area contributed by atoms with Crippen molar-refractivity contribution in [3.63, 3.8) is 0 Å². The third-order valence-corrected chi connectivity index (χ3v) is 4.82. The molecule has 1 aliphatic rings. The van der Waals surface area contributed by atoms with Gasteiger partial charge in [-0.2, -0.15) is 0 Å². The number of nitrogens with one attached hydrogen (secondary N) is 2. The summed E-state index contributed by atoms with van der Waals surface area (Å²) < 4.78 is 27.5. The standard InChI is InChI=1S/C17H29N5O3S/c1-2-19-17(20-7-12-26(18,23)24)21-13-15-5-3-4-6-16(15)14-22-8-10-25-11-9-22/h3-6H,2,7-14H2,1H3,(H2,18,23,24)(H2,19,20,21). The Morgan fingerprint density at radius 2 is 1.92 bits per heavy atom. The molecule has 146 valence electrons. The summed E-state index contributed by atoms with van der Waals surface area (Å²) in [5.41, 5.74) is 2.40. The first-order valence-electron chi connectivity index (χ1n) is 8.87. The Balaban J connectivity index is 1.98. The second kappa shape index (κ2) is 10.5. The molecule has 0 unspecified atom stereocenters. The van der Waals surface area contributed by atoms with Crippen molar-refractivity contribution in [1.29, 1.82) is 0 Å². The molecule has 9 heteroatoms. The lowest BCUT2D eigenvalue weighted by molar-refractivity contribution is 0.0341. The third-order valence-electron chi connectivity index (χ3n) is 4.05. The topological polar surface area (TPSA) is 109 Å². The van der Waals surface area contributed by atoms with Crippen molar-refractivity contribution in [3.8, 4) is 0 Å². The fraction of sp³-hybridized carbons (Fsp3) is 0.588. The molecule has 0 atom stereocenters. The summed E-state index contributed by atoms with van der Waals surface area (Å²) in [7, 11) is -3.49. The summed E-state index contributed by atoms with van der Waals surface area (Å²) in [5.74, 6) is 0.447. The van der Waals surface area contributed by atoms with Crippen molar-refractivity contribution in [3.05, 3.63) is 35.4 Å². The largest absolute Gasteiger partial charge is 0.379 e. The van der Waals surface area contributed by atoms with Gasteiger partial charge in [0.1, 0.15) is 0 Å².